The summed E-state index contributed by atoms with van der Waals surface area (Å²) in [5.74, 6) is 0.484. The monoisotopic (exact) mass is 345 g/mol. The van der Waals surface area contributed by atoms with Gasteiger partial charge in [0.25, 0.3) is 0 Å². The Balaban J connectivity index is 1.75. The second kappa shape index (κ2) is 6.52. The number of halogens is 2. The molecule has 4 nitrogen and oxygen atoms in total. The van der Waals surface area contributed by atoms with Crippen molar-refractivity contribution >= 4 is 45.6 Å². The van der Waals surface area contributed by atoms with Crippen molar-refractivity contribution in [3.8, 4) is 0 Å². The predicted octanol–water partition coefficient (Wildman–Crippen LogP) is 4.33. The second-order valence-electron chi connectivity index (χ2n) is 5.17. The number of nitrogens with zero attached hydrogens (tertiary/aromatic N) is 2. The number of aryl methyl sites for hydroxylation is 1. The van der Waals surface area contributed by atoms with E-state index in [-0.39, 0.29) is 16.0 Å². The molecule has 2 aromatic heterocycles. The minimum atomic E-state index is -0.0228. The minimum Gasteiger partial charge on any atom is -0.383 e. The van der Waals surface area contributed by atoms with Crippen LogP contribution in [0.15, 0.2) is 42.7 Å². The molecule has 0 bridgehead atoms. The standard InChI is InChI=1S/C17H13Cl2N3O/c18-14-8-12(9-22-16(14)19)15(23)4-2-10-1-3-13-11(7-10)5-6-21-17(13)20/h1,3,5-9H,2,4H2,(H2,20,21). The van der Waals surface area contributed by atoms with Crippen LogP contribution in [0.25, 0.3) is 10.8 Å². The number of carbonyl (C=O) groups excluding carboxylic acids is 1. The van der Waals surface area contributed by atoms with E-state index in [1.807, 2.05) is 24.3 Å². The van der Waals surface area contributed by atoms with Gasteiger partial charge in [0.05, 0.1) is 5.02 Å². The van der Waals surface area contributed by atoms with Gasteiger partial charge in [0, 0.05) is 29.8 Å². The number of nitrogens with two attached hydrogens (primary N) is 1. The molecule has 2 N–H and O–H groups in total. The van der Waals surface area contributed by atoms with Crippen molar-refractivity contribution in [1.29, 1.82) is 0 Å². The highest BCUT2D eigenvalue weighted by Gasteiger charge is 2.10. The molecule has 0 aliphatic heterocycles. The lowest BCUT2D eigenvalue weighted by Gasteiger charge is -2.06. The molecule has 0 unspecified atom stereocenters. The third kappa shape index (κ3) is 3.44. The number of ketones is 1. The molecule has 0 aliphatic rings. The zero-order chi connectivity index (χ0) is 16.4. The Labute approximate surface area is 143 Å². The summed E-state index contributed by atoms with van der Waals surface area (Å²) < 4.78 is 0. The molecule has 3 rings (SSSR count). The number of fused-ring (bicyclic) bond motifs is 1. The predicted molar refractivity (Wildman–Crippen MR) is 93.1 cm³/mol. The summed E-state index contributed by atoms with van der Waals surface area (Å²) in [5, 5.41) is 2.41. The Bertz CT molecular complexity index is 896. The maximum absolute atomic E-state index is 12.2. The maximum Gasteiger partial charge on any atom is 0.164 e. The summed E-state index contributed by atoms with van der Waals surface area (Å²) in [6.45, 7) is 0. The van der Waals surface area contributed by atoms with E-state index < -0.39 is 0 Å². The van der Waals surface area contributed by atoms with Gasteiger partial charge in [-0.15, -0.1) is 0 Å². The van der Waals surface area contributed by atoms with Gasteiger partial charge in [0.15, 0.2) is 5.78 Å². The van der Waals surface area contributed by atoms with Crippen LogP contribution in [-0.4, -0.2) is 15.8 Å². The third-order valence-electron chi connectivity index (χ3n) is 3.62. The molecule has 3 aromatic rings. The molecule has 6 heteroatoms. The molecule has 0 saturated carbocycles. The lowest BCUT2D eigenvalue weighted by atomic mass is 10.0. The lowest BCUT2D eigenvalue weighted by molar-refractivity contribution is 0.0982. The van der Waals surface area contributed by atoms with Crippen LogP contribution in [0.3, 0.4) is 0 Å². The van der Waals surface area contributed by atoms with Crippen molar-refractivity contribution in [3.05, 3.63) is 64.0 Å². The molecule has 0 radical (unpaired) electrons. The third-order valence-corrected chi connectivity index (χ3v) is 4.30. The van der Waals surface area contributed by atoms with E-state index >= 15 is 0 Å². The van der Waals surface area contributed by atoms with Crippen LogP contribution in [0.1, 0.15) is 22.3 Å². The van der Waals surface area contributed by atoms with Gasteiger partial charge in [0.2, 0.25) is 0 Å². The number of aromatic nitrogens is 2. The minimum absolute atomic E-state index is 0.0228. The highest BCUT2D eigenvalue weighted by molar-refractivity contribution is 6.41. The fourth-order valence-electron chi connectivity index (χ4n) is 2.38. The Morgan fingerprint density at radius 3 is 2.74 bits per heavy atom. The number of Topliss-reactive ketones (excluding diaryl/α,β-unsaturated/α-hetero) is 1. The fourth-order valence-corrected chi connectivity index (χ4v) is 2.65. The smallest absolute Gasteiger partial charge is 0.164 e. The quantitative estimate of drug-likeness (QED) is 0.564. The zero-order valence-electron chi connectivity index (χ0n) is 12.1. The molecule has 23 heavy (non-hydrogen) atoms. The first-order valence-corrected chi connectivity index (χ1v) is 7.77. The van der Waals surface area contributed by atoms with E-state index in [0.29, 0.717) is 24.2 Å². The summed E-state index contributed by atoms with van der Waals surface area (Å²) in [4.78, 5) is 20.2. The highest BCUT2D eigenvalue weighted by Crippen LogP contribution is 2.22. The van der Waals surface area contributed by atoms with E-state index in [4.69, 9.17) is 28.9 Å². The van der Waals surface area contributed by atoms with Crippen LogP contribution in [0, 0.1) is 0 Å². The van der Waals surface area contributed by atoms with Gasteiger partial charge in [-0.3, -0.25) is 4.79 Å². The molecule has 0 aliphatic carbocycles. The highest BCUT2D eigenvalue weighted by atomic mass is 35.5. The largest absolute Gasteiger partial charge is 0.383 e. The number of pyridine rings is 2. The topological polar surface area (TPSA) is 68.9 Å². The van der Waals surface area contributed by atoms with Gasteiger partial charge in [-0.05, 0) is 29.5 Å². The number of hydrogen-bond acceptors (Lipinski definition) is 4. The molecule has 0 spiro atoms. The molecular formula is C17H13Cl2N3O. The molecule has 0 atom stereocenters. The van der Waals surface area contributed by atoms with Crippen LogP contribution >= 0.6 is 23.2 Å². The van der Waals surface area contributed by atoms with Crippen LogP contribution in [-0.2, 0) is 6.42 Å². The van der Waals surface area contributed by atoms with Gasteiger partial charge < -0.3 is 5.73 Å². The first kappa shape index (κ1) is 15.7. The first-order valence-electron chi connectivity index (χ1n) is 7.02. The van der Waals surface area contributed by atoms with Crippen molar-refractivity contribution in [2.45, 2.75) is 12.8 Å². The number of rotatable bonds is 4. The van der Waals surface area contributed by atoms with Gasteiger partial charge in [-0.1, -0.05) is 41.4 Å². The molecule has 116 valence electrons. The van der Waals surface area contributed by atoms with Gasteiger partial charge in [-0.25, -0.2) is 9.97 Å². The zero-order valence-corrected chi connectivity index (χ0v) is 13.6. The van der Waals surface area contributed by atoms with Crippen molar-refractivity contribution in [2.75, 3.05) is 5.73 Å². The Hall–Kier alpha value is -2.17. The van der Waals surface area contributed by atoms with Crippen molar-refractivity contribution in [2.24, 2.45) is 0 Å². The first-order chi connectivity index (χ1) is 11.0. The summed E-state index contributed by atoms with van der Waals surface area (Å²) in [6.07, 6.45) is 4.11. The fraction of sp³-hybridized carbons (Fsp3) is 0.118. The molecule has 1 aromatic carbocycles. The van der Waals surface area contributed by atoms with Gasteiger partial charge in [0.1, 0.15) is 11.0 Å². The number of hydrogen-bond donors (Lipinski definition) is 1. The van der Waals surface area contributed by atoms with E-state index in [1.54, 1.807) is 12.3 Å². The normalized spacial score (nSPS) is 10.9. The molecule has 0 amide bonds. The van der Waals surface area contributed by atoms with E-state index in [9.17, 15) is 4.79 Å². The molecule has 0 fully saturated rings. The van der Waals surface area contributed by atoms with Crippen molar-refractivity contribution < 1.29 is 4.79 Å². The molecular weight excluding hydrogens is 333 g/mol. The van der Waals surface area contributed by atoms with Crippen LogP contribution in [0.2, 0.25) is 10.2 Å². The Morgan fingerprint density at radius 2 is 1.96 bits per heavy atom. The summed E-state index contributed by atoms with van der Waals surface area (Å²) in [5.41, 5.74) is 7.36. The average Bonchev–Trinajstić information content (AvgIpc) is 2.55. The van der Waals surface area contributed by atoms with Crippen LogP contribution in [0.4, 0.5) is 5.82 Å². The molecule has 0 saturated heterocycles. The number of benzene rings is 1. The number of carbonyl (C=O) groups is 1. The second-order valence-corrected chi connectivity index (χ2v) is 5.94. The van der Waals surface area contributed by atoms with E-state index in [2.05, 4.69) is 9.97 Å². The number of nitrogen functional groups attached to an aromatic ring is 1. The van der Waals surface area contributed by atoms with Crippen LogP contribution < -0.4 is 5.73 Å². The van der Waals surface area contributed by atoms with Gasteiger partial charge >= 0.3 is 0 Å². The van der Waals surface area contributed by atoms with E-state index in [1.165, 1.54) is 6.20 Å². The SMILES string of the molecule is Nc1nccc2cc(CCC(=O)c3cnc(Cl)c(Cl)c3)ccc12. The molecule has 2 heterocycles. The Morgan fingerprint density at radius 1 is 1.13 bits per heavy atom. The lowest BCUT2D eigenvalue weighted by Crippen LogP contribution is -2.02. The van der Waals surface area contributed by atoms with Crippen LogP contribution in [0.5, 0.6) is 0 Å². The summed E-state index contributed by atoms with van der Waals surface area (Å²) in [6, 6.07) is 9.36. The van der Waals surface area contributed by atoms with Crippen molar-refractivity contribution in [1.82, 2.24) is 9.97 Å². The maximum atomic E-state index is 12.2. The Kier molecular flexibility index (Phi) is 4.46. The van der Waals surface area contributed by atoms with Gasteiger partial charge in [-0.2, -0.15) is 0 Å². The summed E-state index contributed by atoms with van der Waals surface area (Å²) >= 11 is 11.6. The summed E-state index contributed by atoms with van der Waals surface area (Å²) in [7, 11) is 0. The van der Waals surface area contributed by atoms with E-state index in [0.717, 1.165) is 16.3 Å². The number of anilines is 1. The van der Waals surface area contributed by atoms with Crippen molar-refractivity contribution in [3.63, 3.8) is 0 Å². The average molecular weight is 346 g/mol.